The minimum Gasteiger partial charge on any atom is -0.397 e. The maximum Gasteiger partial charge on any atom is 0.351 e. The van der Waals surface area contributed by atoms with Gasteiger partial charge in [0.15, 0.2) is 0 Å². The molecule has 0 fully saturated rings. The van der Waals surface area contributed by atoms with Crippen LogP contribution in [-0.4, -0.2) is 28.4 Å². The third kappa shape index (κ3) is 4.73. The molecule has 0 aliphatic carbocycles. The van der Waals surface area contributed by atoms with E-state index in [1.807, 2.05) is 6.55 Å². The maximum absolute atomic E-state index is 5.97. The van der Waals surface area contributed by atoms with Crippen molar-refractivity contribution in [2.75, 3.05) is 14.2 Å². The van der Waals surface area contributed by atoms with Gasteiger partial charge in [-0.15, -0.1) is 0 Å². The van der Waals surface area contributed by atoms with Crippen LogP contribution in [0.15, 0.2) is 0 Å². The van der Waals surface area contributed by atoms with E-state index in [-0.39, 0.29) is 11.8 Å². The zero-order valence-corrected chi connectivity index (χ0v) is 10.3. The molecule has 0 saturated carbocycles. The molecule has 4 nitrogen and oxygen atoms in total. The van der Waals surface area contributed by atoms with Crippen LogP contribution in [0.2, 0.25) is 6.55 Å². The van der Waals surface area contributed by atoms with Gasteiger partial charge < -0.3 is 20.7 Å². The fourth-order valence-electron chi connectivity index (χ4n) is 1.07. The van der Waals surface area contributed by atoms with E-state index in [1.165, 1.54) is 6.42 Å². The van der Waals surface area contributed by atoms with Crippen LogP contribution in [0.5, 0.6) is 0 Å². The summed E-state index contributed by atoms with van der Waals surface area (Å²) in [7, 11) is 1.30. The highest BCUT2D eigenvalue weighted by molar-refractivity contribution is 6.67. The summed E-state index contributed by atoms with van der Waals surface area (Å²) in [6, 6.07) is 0. The maximum atomic E-state index is 5.97. The van der Waals surface area contributed by atoms with E-state index in [1.54, 1.807) is 14.2 Å². The topological polar surface area (TPSA) is 79.5 Å². The molecule has 1 atom stereocenters. The summed E-state index contributed by atoms with van der Waals surface area (Å²) in [5.41, 5.74) is 6.06. The molecule has 0 aromatic heterocycles. The average molecular weight is 208 g/mol. The Kier molecular flexibility index (Phi) is 8.91. The highest BCUT2D eigenvalue weighted by atomic mass is 28.4. The fourth-order valence-corrected chi connectivity index (χ4v) is 2.57. The van der Waals surface area contributed by atoms with E-state index in [2.05, 4.69) is 6.92 Å². The highest BCUT2D eigenvalue weighted by Gasteiger charge is 2.36. The molecular weight excluding hydrogens is 184 g/mol. The normalized spacial score (nSPS) is 13.6. The summed E-state index contributed by atoms with van der Waals surface area (Å²) >= 11 is 0. The van der Waals surface area contributed by atoms with Gasteiger partial charge in [0.2, 0.25) is 0 Å². The summed E-state index contributed by atoms with van der Waals surface area (Å²) in [6.45, 7) is 4.17. The van der Waals surface area contributed by atoms with Crippen molar-refractivity contribution in [1.29, 1.82) is 0 Å². The van der Waals surface area contributed by atoms with Crippen molar-refractivity contribution in [1.82, 2.24) is 6.15 Å². The van der Waals surface area contributed by atoms with Gasteiger partial charge >= 0.3 is 8.56 Å². The molecule has 1 unspecified atom stereocenters. The molecule has 0 aromatic carbocycles. The number of unbranched alkanes of at least 4 members (excludes halogenated alkanes) is 1. The Labute approximate surface area is 82.6 Å². The van der Waals surface area contributed by atoms with Gasteiger partial charge in [-0.05, 0) is 13.0 Å². The fraction of sp³-hybridized carbons (Fsp3) is 1.00. The monoisotopic (exact) mass is 208 g/mol. The zero-order chi connectivity index (χ0) is 9.61. The van der Waals surface area contributed by atoms with E-state index >= 15 is 0 Å². The van der Waals surface area contributed by atoms with Gasteiger partial charge in [0.25, 0.3) is 0 Å². The highest BCUT2D eigenvalue weighted by Crippen LogP contribution is 2.13. The van der Waals surface area contributed by atoms with Crippen LogP contribution in [0.4, 0.5) is 0 Å². The van der Waals surface area contributed by atoms with Gasteiger partial charge in [0.05, 0.1) is 0 Å². The minimum atomic E-state index is -2.06. The summed E-state index contributed by atoms with van der Waals surface area (Å²) in [4.78, 5) is 0. The molecule has 0 spiro atoms. The molecule has 0 saturated heterocycles. The van der Waals surface area contributed by atoms with Crippen molar-refractivity contribution in [2.45, 2.75) is 38.4 Å². The molecule has 0 aromatic rings. The quantitative estimate of drug-likeness (QED) is 0.649. The molecule has 82 valence electrons. The lowest BCUT2D eigenvalue weighted by Crippen LogP contribution is -2.54. The Balaban J connectivity index is 0. The van der Waals surface area contributed by atoms with Crippen LogP contribution in [-0.2, 0) is 8.85 Å². The molecule has 0 aliphatic rings. The molecular formula is C8H24N2O2Si. The van der Waals surface area contributed by atoms with Crippen LogP contribution < -0.4 is 11.9 Å². The van der Waals surface area contributed by atoms with Crippen LogP contribution in [0, 0.1) is 0 Å². The molecule has 0 radical (unpaired) electrons. The number of hydrogen-bond donors (Lipinski definition) is 2. The zero-order valence-electron chi connectivity index (χ0n) is 9.30. The summed E-state index contributed by atoms with van der Waals surface area (Å²) in [5, 5.41) is 0. The van der Waals surface area contributed by atoms with Gasteiger partial charge in [0.1, 0.15) is 0 Å². The number of rotatable bonds is 6. The van der Waals surface area contributed by atoms with Crippen LogP contribution in [0.3, 0.4) is 0 Å². The lowest BCUT2D eigenvalue weighted by atomic mass is 10.2. The molecule has 13 heavy (non-hydrogen) atoms. The molecule has 0 amide bonds. The SMILES string of the molecule is CCCCC(N)[Si](C)(OC)OC.N. The van der Waals surface area contributed by atoms with Gasteiger partial charge in [0, 0.05) is 19.9 Å². The first-order valence-electron chi connectivity index (χ1n) is 4.46. The molecule has 0 rings (SSSR count). The lowest BCUT2D eigenvalue weighted by molar-refractivity contribution is 0.235. The Morgan fingerprint density at radius 3 is 2.08 bits per heavy atom. The van der Waals surface area contributed by atoms with Gasteiger partial charge in [-0.2, -0.15) is 0 Å². The first-order chi connectivity index (χ1) is 5.60. The van der Waals surface area contributed by atoms with Gasteiger partial charge in [-0.1, -0.05) is 19.8 Å². The molecule has 0 aliphatic heterocycles. The Hall–Kier alpha value is 0.0569. The van der Waals surface area contributed by atoms with Crippen molar-refractivity contribution in [2.24, 2.45) is 5.73 Å². The van der Waals surface area contributed by atoms with Crippen molar-refractivity contribution < 1.29 is 8.85 Å². The standard InChI is InChI=1S/C8H21NO2Si.H3N/c1-5-6-7-8(9)12(4,10-2)11-3;/h8H,5-7,9H2,1-4H3;1H3. The first kappa shape index (κ1) is 15.5. The molecule has 5 N–H and O–H groups in total. The second-order valence-corrected chi connectivity index (χ2v) is 6.76. The van der Waals surface area contributed by atoms with E-state index < -0.39 is 8.56 Å². The smallest absolute Gasteiger partial charge is 0.351 e. The van der Waals surface area contributed by atoms with E-state index in [0.717, 1.165) is 12.8 Å². The number of hydrogen-bond acceptors (Lipinski definition) is 4. The predicted molar refractivity (Wildman–Crippen MR) is 58.2 cm³/mol. The summed E-state index contributed by atoms with van der Waals surface area (Å²) in [6.07, 6.45) is 3.32. The first-order valence-corrected chi connectivity index (χ1v) is 6.86. The molecule has 0 bridgehead atoms. The van der Waals surface area contributed by atoms with Gasteiger partial charge in [-0.25, -0.2) is 0 Å². The van der Waals surface area contributed by atoms with Crippen LogP contribution >= 0.6 is 0 Å². The van der Waals surface area contributed by atoms with E-state index in [0.29, 0.717) is 0 Å². The van der Waals surface area contributed by atoms with Crippen LogP contribution in [0.1, 0.15) is 26.2 Å². The molecule has 0 heterocycles. The minimum absolute atomic E-state index is 0. The van der Waals surface area contributed by atoms with Gasteiger partial charge in [-0.3, -0.25) is 0 Å². The van der Waals surface area contributed by atoms with Crippen LogP contribution in [0.25, 0.3) is 0 Å². The van der Waals surface area contributed by atoms with Crippen molar-refractivity contribution >= 4 is 8.56 Å². The second-order valence-electron chi connectivity index (χ2n) is 3.17. The van der Waals surface area contributed by atoms with E-state index in [4.69, 9.17) is 14.6 Å². The third-order valence-electron chi connectivity index (χ3n) is 2.35. The lowest BCUT2D eigenvalue weighted by Gasteiger charge is -2.28. The summed E-state index contributed by atoms with van der Waals surface area (Å²) in [5.74, 6) is 0. The predicted octanol–water partition coefficient (Wildman–Crippen LogP) is 1.57. The second kappa shape index (κ2) is 7.46. The Morgan fingerprint density at radius 2 is 1.77 bits per heavy atom. The van der Waals surface area contributed by atoms with E-state index in [9.17, 15) is 0 Å². The average Bonchev–Trinajstić information content (AvgIpc) is 2.12. The largest absolute Gasteiger partial charge is 0.397 e. The third-order valence-corrected chi connectivity index (χ3v) is 5.61. The molecule has 5 heteroatoms. The van der Waals surface area contributed by atoms with Crippen molar-refractivity contribution in [3.05, 3.63) is 0 Å². The Bertz CT molecular complexity index is 121. The van der Waals surface area contributed by atoms with Crippen molar-refractivity contribution in [3.8, 4) is 0 Å². The van der Waals surface area contributed by atoms with Crippen molar-refractivity contribution in [3.63, 3.8) is 0 Å². The number of nitrogens with two attached hydrogens (primary N) is 1. The Morgan fingerprint density at radius 1 is 1.31 bits per heavy atom. The summed E-state index contributed by atoms with van der Waals surface area (Å²) < 4.78 is 10.7.